The Hall–Kier alpha value is -3.73. The summed E-state index contributed by atoms with van der Waals surface area (Å²) in [5, 5.41) is 9.87. The van der Waals surface area contributed by atoms with Crippen LogP contribution in [0.15, 0.2) is 55.1 Å². The molecule has 0 saturated heterocycles. The van der Waals surface area contributed by atoms with Crippen molar-refractivity contribution in [1.82, 2.24) is 24.7 Å². The number of benzene rings is 1. The summed E-state index contributed by atoms with van der Waals surface area (Å²) in [4.78, 5) is 12.2. The van der Waals surface area contributed by atoms with E-state index in [1.807, 2.05) is 0 Å². The Labute approximate surface area is 184 Å². The lowest BCUT2D eigenvalue weighted by molar-refractivity contribution is -0.137. The molecule has 0 aliphatic rings. The molecular formula is C20H14ClF4N7. The maximum absolute atomic E-state index is 14.2. The van der Waals surface area contributed by atoms with Crippen molar-refractivity contribution in [2.24, 2.45) is 7.05 Å². The van der Waals surface area contributed by atoms with Crippen LogP contribution in [0.1, 0.15) is 5.56 Å². The average molecular weight is 464 g/mol. The topological polar surface area (TPSA) is 80.5 Å². The largest absolute Gasteiger partial charge is 0.416 e. The second-order valence-corrected chi connectivity index (χ2v) is 7.06. The molecule has 0 fully saturated rings. The first kappa shape index (κ1) is 21.5. The number of aromatic nitrogens is 5. The molecule has 3 heterocycles. The van der Waals surface area contributed by atoms with Crippen LogP contribution >= 0.6 is 11.6 Å². The predicted octanol–water partition coefficient (Wildman–Crippen LogP) is 5.57. The molecular weight excluding hydrogens is 450 g/mol. The molecule has 0 bridgehead atoms. The van der Waals surface area contributed by atoms with E-state index in [0.717, 1.165) is 18.3 Å². The Balaban J connectivity index is 1.75. The van der Waals surface area contributed by atoms with Crippen LogP contribution in [0.5, 0.6) is 0 Å². The number of anilines is 4. The van der Waals surface area contributed by atoms with Crippen LogP contribution < -0.4 is 10.6 Å². The van der Waals surface area contributed by atoms with Gasteiger partial charge in [0.05, 0.1) is 29.3 Å². The maximum Gasteiger partial charge on any atom is 0.416 e. The van der Waals surface area contributed by atoms with Gasteiger partial charge in [0.1, 0.15) is 11.0 Å². The fourth-order valence-corrected chi connectivity index (χ4v) is 3.00. The molecule has 0 aliphatic carbocycles. The van der Waals surface area contributed by atoms with Gasteiger partial charge in [0.2, 0.25) is 5.95 Å². The van der Waals surface area contributed by atoms with Gasteiger partial charge in [0, 0.05) is 31.1 Å². The van der Waals surface area contributed by atoms with Crippen molar-refractivity contribution in [3.63, 3.8) is 0 Å². The van der Waals surface area contributed by atoms with E-state index in [2.05, 4.69) is 30.7 Å². The van der Waals surface area contributed by atoms with Crippen molar-refractivity contribution >= 4 is 34.7 Å². The van der Waals surface area contributed by atoms with Gasteiger partial charge in [-0.3, -0.25) is 4.68 Å². The fourth-order valence-electron chi connectivity index (χ4n) is 2.84. The number of rotatable bonds is 5. The molecule has 0 radical (unpaired) electrons. The molecule has 3 aromatic heterocycles. The lowest BCUT2D eigenvalue weighted by atomic mass is 10.1. The Bertz CT molecular complexity index is 1260. The quantitative estimate of drug-likeness (QED) is 0.297. The number of pyridine rings is 1. The van der Waals surface area contributed by atoms with Gasteiger partial charge in [-0.15, -0.1) is 0 Å². The Kier molecular flexibility index (Phi) is 5.66. The standard InChI is InChI=1S/C20H14ClF4N7/c1-32-10-13(7-28-32)29-19-27-8-14(11-2-4-12(5-3-11)20(23,24)25)18(31-19)30-16-6-17(21)26-9-15(16)22/h2-10H,1H3,(H2,26,27,29,30,31). The summed E-state index contributed by atoms with van der Waals surface area (Å²) in [6, 6.07) is 5.74. The summed E-state index contributed by atoms with van der Waals surface area (Å²) in [7, 11) is 1.74. The lowest BCUT2D eigenvalue weighted by Crippen LogP contribution is -2.05. The number of nitrogens with one attached hydrogen (secondary N) is 2. The Morgan fingerprint density at radius 1 is 1.00 bits per heavy atom. The van der Waals surface area contributed by atoms with Crippen LogP contribution in [0, 0.1) is 5.82 Å². The monoisotopic (exact) mass is 463 g/mol. The minimum atomic E-state index is -4.47. The van der Waals surface area contributed by atoms with Crippen molar-refractivity contribution in [3.8, 4) is 11.1 Å². The molecule has 7 nitrogen and oxygen atoms in total. The second kappa shape index (κ2) is 8.42. The first-order valence-corrected chi connectivity index (χ1v) is 9.45. The predicted molar refractivity (Wildman–Crippen MR) is 111 cm³/mol. The van der Waals surface area contributed by atoms with Crippen LogP contribution in [0.3, 0.4) is 0 Å². The van der Waals surface area contributed by atoms with E-state index >= 15 is 0 Å². The van der Waals surface area contributed by atoms with Gasteiger partial charge >= 0.3 is 6.18 Å². The van der Waals surface area contributed by atoms with Crippen molar-refractivity contribution in [2.45, 2.75) is 6.18 Å². The zero-order valence-corrected chi connectivity index (χ0v) is 17.1. The van der Waals surface area contributed by atoms with E-state index < -0.39 is 17.6 Å². The van der Waals surface area contributed by atoms with Crippen LogP contribution in [-0.2, 0) is 13.2 Å². The molecule has 32 heavy (non-hydrogen) atoms. The number of hydrogen-bond donors (Lipinski definition) is 2. The number of aryl methyl sites for hydroxylation is 1. The summed E-state index contributed by atoms with van der Waals surface area (Å²) >= 11 is 5.86. The molecule has 4 aromatic rings. The van der Waals surface area contributed by atoms with Gasteiger partial charge in [0.25, 0.3) is 0 Å². The van der Waals surface area contributed by atoms with E-state index in [-0.39, 0.29) is 22.6 Å². The number of alkyl halides is 3. The van der Waals surface area contributed by atoms with Crippen LogP contribution in [-0.4, -0.2) is 24.7 Å². The zero-order valence-electron chi connectivity index (χ0n) is 16.3. The lowest BCUT2D eigenvalue weighted by Gasteiger charge is -2.14. The summed E-state index contributed by atoms with van der Waals surface area (Å²) in [6.07, 6.45) is 1.14. The molecule has 164 valence electrons. The molecule has 0 atom stereocenters. The van der Waals surface area contributed by atoms with E-state index in [0.29, 0.717) is 16.8 Å². The third-order valence-electron chi connectivity index (χ3n) is 4.35. The first-order chi connectivity index (χ1) is 15.2. The summed E-state index contributed by atoms with van der Waals surface area (Å²) < 4.78 is 54.6. The minimum absolute atomic E-state index is 0.0100. The van der Waals surface area contributed by atoms with Gasteiger partial charge < -0.3 is 10.6 Å². The molecule has 12 heteroatoms. The first-order valence-electron chi connectivity index (χ1n) is 9.07. The van der Waals surface area contributed by atoms with Crippen molar-refractivity contribution in [2.75, 3.05) is 10.6 Å². The molecule has 4 rings (SSSR count). The van der Waals surface area contributed by atoms with Crippen molar-refractivity contribution < 1.29 is 17.6 Å². The third kappa shape index (κ3) is 4.78. The summed E-state index contributed by atoms with van der Waals surface area (Å²) in [5.74, 6) is -0.378. The van der Waals surface area contributed by atoms with Crippen LogP contribution in [0.4, 0.5) is 40.7 Å². The highest BCUT2D eigenvalue weighted by Crippen LogP contribution is 2.34. The molecule has 0 unspecified atom stereocenters. The van der Waals surface area contributed by atoms with Gasteiger partial charge in [-0.1, -0.05) is 23.7 Å². The van der Waals surface area contributed by atoms with Gasteiger partial charge in [-0.2, -0.15) is 23.3 Å². The van der Waals surface area contributed by atoms with E-state index in [4.69, 9.17) is 11.6 Å². The molecule has 2 N–H and O–H groups in total. The third-order valence-corrected chi connectivity index (χ3v) is 4.55. The van der Waals surface area contributed by atoms with Gasteiger partial charge in [-0.25, -0.2) is 14.4 Å². The van der Waals surface area contributed by atoms with Crippen LogP contribution in [0.25, 0.3) is 11.1 Å². The maximum atomic E-state index is 14.2. The Morgan fingerprint density at radius 2 is 1.75 bits per heavy atom. The smallest absolute Gasteiger partial charge is 0.337 e. The zero-order chi connectivity index (χ0) is 22.9. The van der Waals surface area contributed by atoms with Crippen LogP contribution in [0.2, 0.25) is 5.15 Å². The summed E-state index contributed by atoms with van der Waals surface area (Å²) in [5.41, 5.74) is 0.554. The molecule has 0 spiro atoms. The van der Waals surface area contributed by atoms with E-state index in [9.17, 15) is 17.6 Å². The van der Waals surface area contributed by atoms with E-state index in [1.165, 1.54) is 24.4 Å². The molecule has 0 aliphatic heterocycles. The second-order valence-electron chi connectivity index (χ2n) is 6.67. The van der Waals surface area contributed by atoms with E-state index in [1.54, 1.807) is 24.1 Å². The van der Waals surface area contributed by atoms with Crippen molar-refractivity contribution in [1.29, 1.82) is 0 Å². The molecule has 0 amide bonds. The SMILES string of the molecule is Cn1cc(Nc2ncc(-c3ccc(C(F)(F)F)cc3)c(Nc3cc(Cl)ncc3F)n2)cn1. The molecule has 0 saturated carbocycles. The number of halogens is 5. The highest BCUT2D eigenvalue weighted by Gasteiger charge is 2.30. The van der Waals surface area contributed by atoms with Gasteiger partial charge in [-0.05, 0) is 17.7 Å². The average Bonchev–Trinajstić information content (AvgIpc) is 3.15. The summed E-state index contributed by atoms with van der Waals surface area (Å²) in [6.45, 7) is 0. The minimum Gasteiger partial charge on any atom is -0.337 e. The number of nitrogens with zero attached hydrogens (tertiary/aromatic N) is 5. The number of hydrogen-bond acceptors (Lipinski definition) is 6. The van der Waals surface area contributed by atoms with Gasteiger partial charge in [0.15, 0.2) is 5.82 Å². The highest BCUT2D eigenvalue weighted by atomic mass is 35.5. The fraction of sp³-hybridized carbons (Fsp3) is 0.100. The molecule has 1 aromatic carbocycles. The highest BCUT2D eigenvalue weighted by molar-refractivity contribution is 6.29. The Morgan fingerprint density at radius 3 is 2.41 bits per heavy atom. The normalized spacial score (nSPS) is 11.4. The van der Waals surface area contributed by atoms with Crippen molar-refractivity contribution in [3.05, 3.63) is 71.7 Å².